The normalized spacial score (nSPS) is 11.4. The third-order valence-electron chi connectivity index (χ3n) is 3.80. The van der Waals surface area contributed by atoms with E-state index >= 15 is 0 Å². The molecule has 1 rings (SSSR count). The first-order valence-corrected chi connectivity index (χ1v) is 6.94. The van der Waals surface area contributed by atoms with Crippen molar-refractivity contribution >= 4 is 28.9 Å². The molecule has 0 bridgehead atoms. The lowest BCUT2D eigenvalue weighted by molar-refractivity contribution is 0.100. The summed E-state index contributed by atoms with van der Waals surface area (Å²) in [4.78, 5) is 11.5. The van der Waals surface area contributed by atoms with E-state index in [4.69, 9.17) is 23.1 Å². The van der Waals surface area contributed by atoms with Gasteiger partial charge in [-0.05, 0) is 31.4 Å². The number of hydrogen-bond donors (Lipinski definition) is 3. The maximum absolute atomic E-state index is 11.5. The van der Waals surface area contributed by atoms with Gasteiger partial charge in [-0.3, -0.25) is 4.79 Å². The van der Waals surface area contributed by atoms with Gasteiger partial charge in [0.05, 0.1) is 16.3 Å². The van der Waals surface area contributed by atoms with Crippen molar-refractivity contribution < 1.29 is 4.79 Å². The first kappa shape index (κ1) is 15.6. The van der Waals surface area contributed by atoms with Crippen molar-refractivity contribution in [1.29, 1.82) is 0 Å². The average Bonchev–Trinajstić information content (AvgIpc) is 2.38. The maximum atomic E-state index is 11.5. The fraction of sp³-hybridized carbons (Fsp3) is 0.500. The zero-order valence-electron chi connectivity index (χ0n) is 11.7. The number of benzene rings is 1. The first-order valence-electron chi connectivity index (χ1n) is 6.56. The minimum Gasteiger partial charge on any atom is -0.399 e. The van der Waals surface area contributed by atoms with Gasteiger partial charge in [0.25, 0.3) is 5.91 Å². The largest absolute Gasteiger partial charge is 0.399 e. The predicted molar refractivity (Wildman–Crippen MR) is 81.6 cm³/mol. The highest BCUT2D eigenvalue weighted by atomic mass is 35.5. The van der Waals surface area contributed by atoms with E-state index in [-0.39, 0.29) is 5.54 Å². The lowest BCUT2D eigenvalue weighted by Gasteiger charge is -2.34. The maximum Gasteiger partial charge on any atom is 0.250 e. The number of carbonyl (C=O) groups excluding carboxylic acids is 1. The topological polar surface area (TPSA) is 81.1 Å². The van der Waals surface area contributed by atoms with Crippen LogP contribution in [0.2, 0.25) is 5.02 Å². The molecule has 19 heavy (non-hydrogen) atoms. The van der Waals surface area contributed by atoms with Crippen molar-refractivity contribution in [2.24, 2.45) is 5.73 Å². The van der Waals surface area contributed by atoms with Crippen LogP contribution in [0, 0.1) is 0 Å². The number of anilines is 2. The molecule has 0 heterocycles. The SMILES string of the molecule is CCC(CC)(CC)Nc1c(Cl)cc(N)cc1C(N)=O. The first-order chi connectivity index (χ1) is 8.89. The molecular formula is C14H22ClN3O. The van der Waals surface area contributed by atoms with Crippen molar-refractivity contribution in [2.45, 2.75) is 45.6 Å². The fourth-order valence-electron chi connectivity index (χ4n) is 2.23. The van der Waals surface area contributed by atoms with Gasteiger partial charge in [0.2, 0.25) is 0 Å². The van der Waals surface area contributed by atoms with E-state index in [1.165, 1.54) is 0 Å². The van der Waals surface area contributed by atoms with Crippen molar-refractivity contribution in [1.82, 2.24) is 0 Å². The fourth-order valence-corrected chi connectivity index (χ4v) is 2.50. The highest BCUT2D eigenvalue weighted by molar-refractivity contribution is 6.34. The lowest BCUT2D eigenvalue weighted by Crippen LogP contribution is -2.37. The highest BCUT2D eigenvalue weighted by Crippen LogP contribution is 2.34. The minimum atomic E-state index is -0.533. The van der Waals surface area contributed by atoms with E-state index in [0.717, 1.165) is 19.3 Å². The number of nitrogens with one attached hydrogen (secondary N) is 1. The molecular weight excluding hydrogens is 262 g/mol. The van der Waals surface area contributed by atoms with Gasteiger partial charge >= 0.3 is 0 Å². The van der Waals surface area contributed by atoms with Crippen LogP contribution in [0.4, 0.5) is 11.4 Å². The number of primary amides is 1. The Morgan fingerprint density at radius 1 is 1.26 bits per heavy atom. The summed E-state index contributed by atoms with van der Waals surface area (Å²) in [7, 11) is 0. The van der Waals surface area contributed by atoms with E-state index in [9.17, 15) is 4.79 Å². The molecule has 0 saturated carbocycles. The molecule has 106 valence electrons. The monoisotopic (exact) mass is 283 g/mol. The van der Waals surface area contributed by atoms with Gasteiger partial charge in [-0.25, -0.2) is 0 Å². The third kappa shape index (κ3) is 3.32. The van der Waals surface area contributed by atoms with E-state index in [2.05, 4.69) is 26.1 Å². The molecule has 4 nitrogen and oxygen atoms in total. The smallest absolute Gasteiger partial charge is 0.250 e. The molecule has 0 aromatic heterocycles. The summed E-state index contributed by atoms with van der Waals surface area (Å²) in [5.74, 6) is -0.533. The molecule has 5 heteroatoms. The Balaban J connectivity index is 3.30. The van der Waals surface area contributed by atoms with Gasteiger partial charge in [0.1, 0.15) is 0 Å². The van der Waals surface area contributed by atoms with Crippen LogP contribution in [-0.4, -0.2) is 11.4 Å². The van der Waals surface area contributed by atoms with Gasteiger partial charge < -0.3 is 16.8 Å². The summed E-state index contributed by atoms with van der Waals surface area (Å²) >= 11 is 6.21. The molecule has 0 unspecified atom stereocenters. The number of nitrogens with two attached hydrogens (primary N) is 2. The van der Waals surface area contributed by atoms with Crippen LogP contribution < -0.4 is 16.8 Å². The summed E-state index contributed by atoms with van der Waals surface area (Å²) in [6, 6.07) is 3.18. The van der Waals surface area contributed by atoms with Crippen LogP contribution in [0.25, 0.3) is 0 Å². The van der Waals surface area contributed by atoms with E-state index in [1.54, 1.807) is 12.1 Å². The third-order valence-corrected chi connectivity index (χ3v) is 4.10. The van der Waals surface area contributed by atoms with Crippen LogP contribution in [0.3, 0.4) is 0 Å². The number of hydrogen-bond acceptors (Lipinski definition) is 3. The van der Waals surface area contributed by atoms with Crippen LogP contribution in [0.1, 0.15) is 50.4 Å². The number of amides is 1. The van der Waals surface area contributed by atoms with Crippen molar-refractivity contribution in [3.63, 3.8) is 0 Å². The van der Waals surface area contributed by atoms with E-state index < -0.39 is 5.91 Å². The Hall–Kier alpha value is -1.42. The van der Waals surface area contributed by atoms with E-state index in [0.29, 0.717) is 22.0 Å². The number of rotatable bonds is 6. The second-order valence-corrected chi connectivity index (χ2v) is 5.16. The Bertz CT molecular complexity index is 462. The molecule has 0 radical (unpaired) electrons. The van der Waals surface area contributed by atoms with Crippen LogP contribution in [0.5, 0.6) is 0 Å². The van der Waals surface area contributed by atoms with Gasteiger partial charge in [-0.1, -0.05) is 32.4 Å². The summed E-state index contributed by atoms with van der Waals surface area (Å²) in [6.45, 7) is 6.32. The molecule has 1 aromatic carbocycles. The van der Waals surface area contributed by atoms with Crippen molar-refractivity contribution in [3.8, 4) is 0 Å². The van der Waals surface area contributed by atoms with E-state index in [1.807, 2.05) is 0 Å². The molecule has 0 saturated heterocycles. The quantitative estimate of drug-likeness (QED) is 0.700. The molecule has 1 aromatic rings. The number of nitrogen functional groups attached to an aromatic ring is 1. The minimum absolute atomic E-state index is 0.0933. The van der Waals surface area contributed by atoms with Gasteiger partial charge in [0, 0.05) is 11.2 Å². The summed E-state index contributed by atoms with van der Waals surface area (Å²) in [5, 5.41) is 3.82. The molecule has 5 N–H and O–H groups in total. The average molecular weight is 284 g/mol. The number of halogens is 1. The second kappa shape index (κ2) is 6.15. The van der Waals surface area contributed by atoms with Crippen LogP contribution in [0.15, 0.2) is 12.1 Å². The van der Waals surface area contributed by atoms with Crippen molar-refractivity contribution in [3.05, 3.63) is 22.7 Å². The molecule has 0 fully saturated rings. The second-order valence-electron chi connectivity index (χ2n) is 4.76. The van der Waals surface area contributed by atoms with Gasteiger partial charge in [0.15, 0.2) is 0 Å². The van der Waals surface area contributed by atoms with Gasteiger partial charge in [-0.15, -0.1) is 0 Å². The summed E-state index contributed by atoms with van der Waals surface area (Å²) in [5.41, 5.74) is 12.4. The molecule has 1 amide bonds. The Morgan fingerprint density at radius 3 is 2.21 bits per heavy atom. The van der Waals surface area contributed by atoms with Crippen LogP contribution in [-0.2, 0) is 0 Å². The van der Waals surface area contributed by atoms with Crippen molar-refractivity contribution in [2.75, 3.05) is 11.1 Å². The Kier molecular flexibility index (Phi) is 5.06. The molecule has 0 aliphatic heterocycles. The number of carbonyl (C=O) groups is 1. The molecule has 0 aliphatic rings. The zero-order valence-corrected chi connectivity index (χ0v) is 12.5. The highest BCUT2D eigenvalue weighted by Gasteiger charge is 2.26. The van der Waals surface area contributed by atoms with Gasteiger partial charge in [-0.2, -0.15) is 0 Å². The lowest BCUT2D eigenvalue weighted by atomic mass is 9.89. The molecule has 0 aliphatic carbocycles. The molecule has 0 atom stereocenters. The summed E-state index contributed by atoms with van der Waals surface area (Å²) in [6.07, 6.45) is 2.79. The summed E-state index contributed by atoms with van der Waals surface area (Å²) < 4.78 is 0. The Morgan fingerprint density at radius 2 is 1.79 bits per heavy atom. The molecule has 0 spiro atoms. The standard InChI is InChI=1S/C14H22ClN3O/c1-4-14(5-2,6-3)18-12-10(13(17)19)7-9(16)8-11(12)15/h7-8,18H,4-6,16H2,1-3H3,(H2,17,19). The predicted octanol–water partition coefficient (Wildman–Crippen LogP) is 3.40. The zero-order chi connectivity index (χ0) is 14.6. The Labute approximate surface area is 119 Å². The van der Waals surface area contributed by atoms with Crippen LogP contribution >= 0.6 is 11.6 Å².